The number of piperazine rings is 2. The zero-order valence-corrected chi connectivity index (χ0v) is 29.6. The van der Waals surface area contributed by atoms with Gasteiger partial charge in [0.25, 0.3) is 0 Å². The van der Waals surface area contributed by atoms with E-state index >= 15 is 8.78 Å². The standard InChI is InChI=1S/C37H38F2N10O2S/c1-2-44-11-13-46(14-12-44)32-18-29-23(15-28(32)39)33(50)25(19-47(29)21-3-4-21)35-41-42-37-49(35)43-36(52-37)26-20-48(22-5-6-22)30-17-31(45-9-7-40-8-10-45)27(38)16-24(30)34(26)51/h15-22,40H,2-14H2,1H3. The van der Waals surface area contributed by atoms with Gasteiger partial charge in [0.15, 0.2) is 16.3 Å². The molecule has 2 saturated heterocycles. The van der Waals surface area contributed by atoms with Crippen LogP contribution >= 0.6 is 11.3 Å². The summed E-state index contributed by atoms with van der Waals surface area (Å²) in [4.78, 5) is 35.1. The molecule has 2 aliphatic heterocycles. The zero-order chi connectivity index (χ0) is 35.2. The molecule has 4 aromatic heterocycles. The first-order valence-electron chi connectivity index (χ1n) is 18.3. The first-order chi connectivity index (χ1) is 25.4. The predicted octanol–water partition coefficient (Wildman–Crippen LogP) is 4.65. The molecule has 4 aliphatic rings. The van der Waals surface area contributed by atoms with Gasteiger partial charge in [-0.15, -0.1) is 10.2 Å². The maximum Gasteiger partial charge on any atom is 0.235 e. The third-order valence-corrected chi connectivity index (χ3v) is 12.1. The molecule has 0 spiro atoms. The lowest BCUT2D eigenvalue weighted by atomic mass is 10.1. The van der Waals surface area contributed by atoms with Crippen LogP contribution in [0.5, 0.6) is 0 Å². The smallest absolute Gasteiger partial charge is 0.235 e. The summed E-state index contributed by atoms with van der Waals surface area (Å²) in [6, 6.07) is 6.79. The number of anilines is 2. The summed E-state index contributed by atoms with van der Waals surface area (Å²) in [6.45, 7) is 9.21. The highest BCUT2D eigenvalue weighted by molar-refractivity contribution is 7.19. The topological polar surface area (TPSA) is 109 Å². The minimum atomic E-state index is -0.420. The van der Waals surface area contributed by atoms with Crippen molar-refractivity contribution in [3.05, 3.63) is 68.7 Å². The maximum absolute atomic E-state index is 15.8. The van der Waals surface area contributed by atoms with E-state index in [0.717, 1.165) is 71.5 Å². The van der Waals surface area contributed by atoms with Crippen LogP contribution in [-0.2, 0) is 0 Å². The van der Waals surface area contributed by atoms with Gasteiger partial charge in [-0.05, 0) is 56.5 Å². The van der Waals surface area contributed by atoms with E-state index in [2.05, 4.69) is 41.4 Å². The number of benzene rings is 2. The summed E-state index contributed by atoms with van der Waals surface area (Å²) in [6.07, 6.45) is 7.51. The Hall–Kier alpha value is -4.73. The van der Waals surface area contributed by atoms with Crippen LogP contribution in [0.15, 0.2) is 46.2 Å². The highest BCUT2D eigenvalue weighted by Gasteiger charge is 2.31. The highest BCUT2D eigenvalue weighted by Crippen LogP contribution is 2.41. The van der Waals surface area contributed by atoms with E-state index in [1.807, 2.05) is 29.4 Å². The molecule has 0 radical (unpaired) electrons. The van der Waals surface area contributed by atoms with E-state index in [-0.39, 0.29) is 39.7 Å². The molecule has 15 heteroatoms. The SMILES string of the molecule is CCN1CCN(c2cc3c(cc2F)c(=O)c(-c2nnc4sc(-c5cn(C6CC6)c6cc(N7CCNCC7)c(F)cc6c5=O)nn24)cn3C2CC2)CC1. The second kappa shape index (κ2) is 12.2. The lowest BCUT2D eigenvalue weighted by Gasteiger charge is -2.35. The average molecular weight is 725 g/mol. The Kier molecular flexibility index (Phi) is 7.48. The zero-order valence-electron chi connectivity index (χ0n) is 28.8. The summed E-state index contributed by atoms with van der Waals surface area (Å²) in [5.41, 5.74) is 2.40. The fourth-order valence-corrected chi connectivity index (χ4v) is 8.77. The number of likely N-dealkylation sites (N-methyl/N-ethyl adjacent to an activating group) is 1. The Bertz CT molecular complexity index is 2520. The van der Waals surface area contributed by atoms with E-state index in [0.29, 0.717) is 56.4 Å². The van der Waals surface area contributed by atoms with E-state index in [9.17, 15) is 9.59 Å². The van der Waals surface area contributed by atoms with Crippen molar-refractivity contribution in [2.75, 3.05) is 68.7 Å². The molecular formula is C37H38F2N10O2S. The van der Waals surface area contributed by atoms with Crippen LogP contribution in [0, 0.1) is 11.6 Å². The van der Waals surface area contributed by atoms with Crippen LogP contribution in [0.25, 0.3) is 48.7 Å². The number of nitrogens with one attached hydrogen (secondary N) is 1. The van der Waals surface area contributed by atoms with Gasteiger partial charge in [-0.3, -0.25) is 9.59 Å². The number of halogens is 2. The monoisotopic (exact) mass is 724 g/mol. The summed E-state index contributed by atoms with van der Waals surface area (Å²) < 4.78 is 37.1. The quantitative estimate of drug-likeness (QED) is 0.252. The Morgan fingerprint density at radius 1 is 0.750 bits per heavy atom. The maximum atomic E-state index is 15.8. The van der Waals surface area contributed by atoms with Gasteiger partial charge in [0.2, 0.25) is 10.4 Å². The largest absolute Gasteiger partial charge is 0.367 e. The Morgan fingerprint density at radius 3 is 1.88 bits per heavy atom. The molecule has 12 nitrogen and oxygen atoms in total. The van der Waals surface area contributed by atoms with Gasteiger partial charge < -0.3 is 29.2 Å². The van der Waals surface area contributed by atoms with Crippen molar-refractivity contribution in [3.63, 3.8) is 0 Å². The second-order valence-electron chi connectivity index (χ2n) is 14.4. The van der Waals surface area contributed by atoms with Gasteiger partial charge in [0, 0.05) is 87.6 Å². The molecule has 2 saturated carbocycles. The van der Waals surface area contributed by atoms with Crippen LogP contribution in [-0.4, -0.2) is 92.7 Å². The van der Waals surface area contributed by atoms with Crippen molar-refractivity contribution >= 4 is 49.5 Å². The Morgan fingerprint density at radius 2 is 1.31 bits per heavy atom. The molecule has 268 valence electrons. The number of hydrogen-bond acceptors (Lipinski definition) is 10. The lowest BCUT2D eigenvalue weighted by Crippen LogP contribution is -2.46. The number of pyridine rings is 2. The number of fused-ring (bicyclic) bond motifs is 3. The summed E-state index contributed by atoms with van der Waals surface area (Å²) >= 11 is 1.19. The molecule has 0 bridgehead atoms. The third kappa shape index (κ3) is 5.23. The molecule has 0 unspecified atom stereocenters. The molecule has 52 heavy (non-hydrogen) atoms. The van der Waals surface area contributed by atoms with Crippen molar-refractivity contribution < 1.29 is 8.78 Å². The van der Waals surface area contributed by atoms with E-state index in [4.69, 9.17) is 5.10 Å². The van der Waals surface area contributed by atoms with Crippen LogP contribution in [0.2, 0.25) is 0 Å². The molecule has 0 atom stereocenters. The fourth-order valence-electron chi connectivity index (χ4n) is 7.93. The van der Waals surface area contributed by atoms with Gasteiger partial charge >= 0.3 is 0 Å². The summed E-state index contributed by atoms with van der Waals surface area (Å²) in [7, 11) is 0. The van der Waals surface area contributed by atoms with Crippen molar-refractivity contribution in [1.29, 1.82) is 0 Å². The van der Waals surface area contributed by atoms with E-state index < -0.39 is 11.6 Å². The van der Waals surface area contributed by atoms with Crippen LogP contribution in [0.3, 0.4) is 0 Å². The van der Waals surface area contributed by atoms with Gasteiger partial charge in [0.05, 0.1) is 33.5 Å². The number of aromatic nitrogens is 6. The normalized spacial score (nSPS) is 18.8. The van der Waals surface area contributed by atoms with Crippen LogP contribution in [0.4, 0.5) is 20.2 Å². The molecular weight excluding hydrogens is 687 g/mol. The Labute approximate surface area is 300 Å². The highest BCUT2D eigenvalue weighted by atomic mass is 32.1. The number of hydrogen-bond donors (Lipinski definition) is 1. The first-order valence-corrected chi connectivity index (χ1v) is 19.1. The van der Waals surface area contributed by atoms with Gasteiger partial charge in [0.1, 0.15) is 11.6 Å². The molecule has 4 fully saturated rings. The summed E-state index contributed by atoms with van der Waals surface area (Å²) in [5, 5.41) is 17.8. The van der Waals surface area contributed by atoms with Crippen molar-refractivity contribution in [3.8, 4) is 22.0 Å². The van der Waals surface area contributed by atoms with Crippen LogP contribution in [0.1, 0.15) is 44.7 Å². The minimum Gasteiger partial charge on any atom is -0.367 e. The molecule has 2 aromatic carbocycles. The predicted molar refractivity (Wildman–Crippen MR) is 199 cm³/mol. The molecule has 2 aliphatic carbocycles. The van der Waals surface area contributed by atoms with Crippen LogP contribution < -0.4 is 26.0 Å². The molecule has 10 rings (SSSR count). The van der Waals surface area contributed by atoms with Gasteiger partial charge in [-0.1, -0.05) is 18.3 Å². The molecule has 0 amide bonds. The van der Waals surface area contributed by atoms with Gasteiger partial charge in [-0.2, -0.15) is 9.61 Å². The van der Waals surface area contributed by atoms with Crippen molar-refractivity contribution in [1.82, 2.24) is 39.2 Å². The second-order valence-corrected chi connectivity index (χ2v) is 15.4. The Balaban J connectivity index is 1.07. The fraction of sp³-hybridized carbons (Fsp3) is 0.432. The third-order valence-electron chi connectivity index (χ3n) is 11.2. The molecule has 6 aromatic rings. The minimum absolute atomic E-state index is 0.192. The summed E-state index contributed by atoms with van der Waals surface area (Å²) in [5.74, 6) is -0.609. The van der Waals surface area contributed by atoms with Crippen molar-refractivity contribution in [2.45, 2.75) is 44.7 Å². The van der Waals surface area contributed by atoms with E-state index in [1.54, 1.807) is 0 Å². The number of rotatable bonds is 7. The number of nitrogens with zero attached hydrogens (tertiary/aromatic N) is 9. The lowest BCUT2D eigenvalue weighted by molar-refractivity contribution is 0.270. The van der Waals surface area contributed by atoms with Gasteiger partial charge in [-0.25, -0.2) is 8.78 Å². The average Bonchev–Trinajstić information content (AvgIpc) is 4.10. The first kappa shape index (κ1) is 32.0. The molecule has 6 heterocycles. The molecule has 1 N–H and O–H groups in total. The van der Waals surface area contributed by atoms with E-state index in [1.165, 1.54) is 28.0 Å². The van der Waals surface area contributed by atoms with Crippen molar-refractivity contribution in [2.24, 2.45) is 0 Å².